The molecule has 2 N–H and O–H groups in total. The zero-order valence-electron chi connectivity index (χ0n) is 18.9. The van der Waals surface area contributed by atoms with E-state index in [2.05, 4.69) is 15.3 Å². The van der Waals surface area contributed by atoms with Gasteiger partial charge in [0.05, 0.1) is 18.6 Å². The van der Waals surface area contributed by atoms with Crippen molar-refractivity contribution in [3.63, 3.8) is 0 Å². The van der Waals surface area contributed by atoms with Gasteiger partial charge in [0.25, 0.3) is 5.91 Å². The number of nitrogens with zero attached hydrogens (tertiary/aromatic N) is 2. The third-order valence-corrected chi connectivity index (χ3v) is 6.38. The van der Waals surface area contributed by atoms with Gasteiger partial charge in [0.2, 0.25) is 5.91 Å². The average Bonchev–Trinajstić information content (AvgIpc) is 3.47. The highest BCUT2D eigenvalue weighted by molar-refractivity contribution is 8.14. The monoisotopic (exact) mass is 482 g/mol. The van der Waals surface area contributed by atoms with Crippen molar-refractivity contribution in [3.8, 4) is 5.75 Å². The van der Waals surface area contributed by atoms with E-state index >= 15 is 0 Å². The van der Waals surface area contributed by atoms with Crippen molar-refractivity contribution in [3.05, 3.63) is 96.3 Å². The Balaban J connectivity index is 1.37. The molecular weight excluding hydrogens is 460 g/mol. The quantitative estimate of drug-likeness (QED) is 0.366. The minimum Gasteiger partial charge on any atom is -0.496 e. The maximum atomic E-state index is 13.3. The summed E-state index contributed by atoms with van der Waals surface area (Å²) in [6.07, 6.45) is 3.56. The van der Waals surface area contributed by atoms with Crippen LogP contribution in [0.4, 0.5) is 11.4 Å². The number of carbonyl (C=O) groups is 2. The largest absolute Gasteiger partial charge is 0.496 e. The summed E-state index contributed by atoms with van der Waals surface area (Å²) in [4.78, 5) is 35.3. The fraction of sp³-hybridized carbons (Fsp3) is 0.0741. The van der Waals surface area contributed by atoms with E-state index in [0.29, 0.717) is 22.3 Å². The van der Waals surface area contributed by atoms with Crippen LogP contribution < -0.4 is 15.0 Å². The summed E-state index contributed by atoms with van der Waals surface area (Å²) < 4.78 is 5.41. The van der Waals surface area contributed by atoms with E-state index in [0.717, 1.165) is 16.5 Å². The van der Waals surface area contributed by atoms with E-state index in [1.807, 2.05) is 85.1 Å². The predicted molar refractivity (Wildman–Crippen MR) is 142 cm³/mol. The number of aromatic nitrogens is 1. The van der Waals surface area contributed by atoms with Crippen molar-refractivity contribution in [1.29, 1.82) is 0 Å². The molecule has 2 amide bonds. The van der Waals surface area contributed by atoms with Gasteiger partial charge in [0.15, 0.2) is 5.17 Å². The standard InChI is InChI=1S/C27H22N4O3S/c1-34-24-10-6-5-7-19(24)15-23-26(33)31(21-8-3-2-4-9-21)27(30-23)35-17-25(32)29-20-12-11-18-13-14-28-22(18)16-20/h2-16,28H,17H2,1H3,(H,29,32)/b23-15-. The molecule has 1 aliphatic rings. The molecule has 1 aliphatic heterocycles. The summed E-state index contributed by atoms with van der Waals surface area (Å²) in [7, 11) is 1.58. The molecule has 0 saturated carbocycles. The topological polar surface area (TPSA) is 86.8 Å². The summed E-state index contributed by atoms with van der Waals surface area (Å²) >= 11 is 1.21. The highest BCUT2D eigenvalue weighted by Gasteiger charge is 2.32. The van der Waals surface area contributed by atoms with Crippen molar-refractivity contribution in [2.24, 2.45) is 4.99 Å². The molecule has 3 aromatic carbocycles. The normalized spacial score (nSPS) is 14.4. The summed E-state index contributed by atoms with van der Waals surface area (Å²) in [5, 5.41) is 4.43. The molecule has 4 aromatic rings. The van der Waals surface area contributed by atoms with Crippen LogP contribution in [-0.4, -0.2) is 34.8 Å². The minimum absolute atomic E-state index is 0.0974. The number of amidine groups is 1. The van der Waals surface area contributed by atoms with Gasteiger partial charge in [-0.2, -0.15) is 0 Å². The number of H-pyrrole nitrogens is 1. The lowest BCUT2D eigenvalue weighted by atomic mass is 10.1. The fourth-order valence-corrected chi connectivity index (χ4v) is 4.60. The summed E-state index contributed by atoms with van der Waals surface area (Å²) in [5.74, 6) is 0.294. The fourth-order valence-electron chi connectivity index (χ4n) is 3.78. The van der Waals surface area contributed by atoms with E-state index in [-0.39, 0.29) is 23.3 Å². The molecule has 0 atom stereocenters. The molecule has 174 valence electrons. The van der Waals surface area contributed by atoms with E-state index < -0.39 is 0 Å². The third kappa shape index (κ3) is 4.83. The number of benzene rings is 3. The molecule has 0 aliphatic carbocycles. The Kier molecular flexibility index (Phi) is 6.36. The highest BCUT2D eigenvalue weighted by Crippen LogP contribution is 2.31. The van der Waals surface area contributed by atoms with E-state index in [4.69, 9.17) is 4.74 Å². The SMILES string of the molecule is COc1ccccc1/C=C1\N=C(SCC(=O)Nc2ccc3cc[nH]c3c2)N(c2ccccc2)C1=O. The second-order valence-electron chi connectivity index (χ2n) is 7.76. The first-order valence-electron chi connectivity index (χ1n) is 10.9. The highest BCUT2D eigenvalue weighted by atomic mass is 32.2. The Morgan fingerprint density at radius 1 is 1.09 bits per heavy atom. The number of fused-ring (bicyclic) bond motifs is 1. The van der Waals surface area contributed by atoms with Crippen molar-refractivity contribution in [1.82, 2.24) is 4.98 Å². The number of anilines is 2. The number of carbonyl (C=O) groups excluding carboxylic acids is 2. The first kappa shape index (κ1) is 22.5. The Morgan fingerprint density at radius 3 is 2.71 bits per heavy atom. The number of hydrogen-bond donors (Lipinski definition) is 2. The summed E-state index contributed by atoms with van der Waals surface area (Å²) in [5.41, 5.74) is 3.36. The molecule has 0 saturated heterocycles. The van der Waals surface area contributed by atoms with Crippen LogP contribution in [0.1, 0.15) is 5.56 Å². The van der Waals surface area contributed by atoms with Crippen LogP contribution in [0.2, 0.25) is 0 Å². The molecule has 5 rings (SSSR count). The lowest BCUT2D eigenvalue weighted by Crippen LogP contribution is -2.31. The van der Waals surface area contributed by atoms with Crippen molar-refractivity contribution >= 4 is 57.1 Å². The van der Waals surface area contributed by atoms with Crippen LogP contribution in [0, 0.1) is 0 Å². The summed E-state index contributed by atoms with van der Waals surface area (Å²) in [6, 6.07) is 24.4. The van der Waals surface area contributed by atoms with Gasteiger partial charge in [-0.15, -0.1) is 0 Å². The minimum atomic E-state index is -0.262. The molecular formula is C27H22N4O3S. The molecule has 0 bridgehead atoms. The van der Waals surface area contributed by atoms with Gasteiger partial charge in [-0.05, 0) is 47.9 Å². The molecule has 8 heteroatoms. The Labute approximate surface area is 206 Å². The zero-order chi connectivity index (χ0) is 24.2. The third-order valence-electron chi connectivity index (χ3n) is 5.45. The van der Waals surface area contributed by atoms with Gasteiger partial charge in [-0.25, -0.2) is 4.99 Å². The van der Waals surface area contributed by atoms with Crippen LogP contribution in [-0.2, 0) is 9.59 Å². The maximum absolute atomic E-state index is 13.3. The van der Waals surface area contributed by atoms with Crippen LogP contribution >= 0.6 is 11.8 Å². The number of methoxy groups -OCH3 is 1. The zero-order valence-corrected chi connectivity index (χ0v) is 19.7. The van der Waals surface area contributed by atoms with Crippen LogP contribution in [0.25, 0.3) is 17.0 Å². The molecule has 1 aromatic heterocycles. The second-order valence-corrected chi connectivity index (χ2v) is 8.70. The number of ether oxygens (including phenoxy) is 1. The van der Waals surface area contributed by atoms with Gasteiger partial charge in [-0.1, -0.05) is 54.2 Å². The van der Waals surface area contributed by atoms with E-state index in [1.54, 1.807) is 13.2 Å². The molecule has 0 radical (unpaired) electrons. The molecule has 0 unspecified atom stereocenters. The predicted octanol–water partition coefficient (Wildman–Crippen LogP) is 5.29. The molecule has 0 fully saturated rings. The van der Waals surface area contributed by atoms with Crippen LogP contribution in [0.15, 0.2) is 95.7 Å². The lowest BCUT2D eigenvalue weighted by molar-refractivity contribution is -0.114. The number of nitrogens with one attached hydrogen (secondary N) is 2. The Hall–Kier alpha value is -4.30. The van der Waals surface area contributed by atoms with Crippen molar-refractivity contribution in [2.45, 2.75) is 0 Å². The first-order chi connectivity index (χ1) is 17.1. The number of hydrogen-bond acceptors (Lipinski definition) is 5. The Bertz CT molecular complexity index is 1460. The first-order valence-corrected chi connectivity index (χ1v) is 11.9. The average molecular weight is 483 g/mol. The van der Waals surface area contributed by atoms with Gasteiger partial charge in [0, 0.05) is 23.0 Å². The summed E-state index contributed by atoms with van der Waals surface area (Å²) in [6.45, 7) is 0. The number of amides is 2. The van der Waals surface area contributed by atoms with Gasteiger partial charge in [0.1, 0.15) is 11.4 Å². The van der Waals surface area contributed by atoms with Gasteiger partial charge < -0.3 is 15.0 Å². The number of para-hydroxylation sites is 2. The molecule has 7 nitrogen and oxygen atoms in total. The second kappa shape index (κ2) is 9.90. The van der Waals surface area contributed by atoms with Crippen molar-refractivity contribution < 1.29 is 14.3 Å². The number of thioether (sulfide) groups is 1. The number of aromatic amines is 1. The van der Waals surface area contributed by atoms with Gasteiger partial charge >= 0.3 is 0 Å². The van der Waals surface area contributed by atoms with E-state index in [9.17, 15) is 9.59 Å². The number of rotatable bonds is 6. The van der Waals surface area contributed by atoms with Gasteiger partial charge in [-0.3, -0.25) is 14.5 Å². The van der Waals surface area contributed by atoms with Crippen LogP contribution in [0.5, 0.6) is 5.75 Å². The maximum Gasteiger partial charge on any atom is 0.283 e. The van der Waals surface area contributed by atoms with Crippen LogP contribution in [0.3, 0.4) is 0 Å². The van der Waals surface area contributed by atoms with E-state index in [1.165, 1.54) is 16.7 Å². The smallest absolute Gasteiger partial charge is 0.283 e. The molecule has 0 spiro atoms. The molecule has 2 heterocycles. The van der Waals surface area contributed by atoms with Crippen molar-refractivity contribution in [2.75, 3.05) is 23.1 Å². The number of aliphatic imine (C=N–C) groups is 1. The lowest BCUT2D eigenvalue weighted by Gasteiger charge is -2.17. The Morgan fingerprint density at radius 2 is 1.89 bits per heavy atom. The molecule has 35 heavy (non-hydrogen) atoms.